The second kappa shape index (κ2) is 10.0. The van der Waals surface area contributed by atoms with Gasteiger partial charge in [0.1, 0.15) is 0 Å². The lowest BCUT2D eigenvalue weighted by molar-refractivity contribution is -0.120. The molecule has 1 heterocycles. The van der Waals surface area contributed by atoms with E-state index in [1.165, 1.54) is 24.1 Å². The van der Waals surface area contributed by atoms with Crippen molar-refractivity contribution in [3.63, 3.8) is 0 Å². The molecule has 0 saturated carbocycles. The number of benzene rings is 2. The highest BCUT2D eigenvalue weighted by Crippen LogP contribution is 2.25. The highest BCUT2D eigenvalue weighted by Gasteiger charge is 2.18. The van der Waals surface area contributed by atoms with Crippen LogP contribution in [0.2, 0.25) is 0 Å². The Bertz CT molecular complexity index is 739. The molecular formula is C24H32N2OS. The minimum Gasteiger partial charge on any atom is -0.372 e. The summed E-state index contributed by atoms with van der Waals surface area (Å²) in [6.07, 6.45) is 2.54. The molecule has 0 aliphatic carbocycles. The van der Waals surface area contributed by atoms with Gasteiger partial charge in [0.2, 0.25) is 5.91 Å². The zero-order chi connectivity index (χ0) is 19.9. The van der Waals surface area contributed by atoms with Crippen molar-refractivity contribution in [3.05, 3.63) is 65.7 Å². The average Bonchev–Trinajstić information content (AvgIpc) is 2.73. The van der Waals surface area contributed by atoms with Gasteiger partial charge in [0.25, 0.3) is 0 Å². The van der Waals surface area contributed by atoms with Crippen LogP contribution in [0.15, 0.2) is 54.6 Å². The Hall–Kier alpha value is -1.94. The molecule has 1 saturated heterocycles. The fraction of sp³-hybridized carbons (Fsp3) is 0.458. The minimum atomic E-state index is -0.0720. The van der Waals surface area contributed by atoms with Crippen LogP contribution in [0, 0.1) is 5.92 Å². The van der Waals surface area contributed by atoms with Crippen molar-refractivity contribution in [1.29, 1.82) is 0 Å². The molecule has 1 N–H and O–H groups in total. The van der Waals surface area contributed by atoms with Crippen LogP contribution in [0.3, 0.4) is 0 Å². The quantitative estimate of drug-likeness (QED) is 0.678. The average molecular weight is 397 g/mol. The number of anilines is 1. The zero-order valence-corrected chi connectivity index (χ0v) is 18.0. The Morgan fingerprint density at radius 3 is 2.36 bits per heavy atom. The van der Waals surface area contributed by atoms with Crippen molar-refractivity contribution in [2.75, 3.05) is 18.0 Å². The molecule has 3 rings (SSSR count). The van der Waals surface area contributed by atoms with Crippen LogP contribution in [-0.4, -0.2) is 24.2 Å². The molecule has 2 aromatic rings. The normalized spacial score (nSPS) is 17.2. The number of hydrogen-bond donors (Lipinski definition) is 1. The maximum Gasteiger partial charge on any atom is 0.233 e. The van der Waals surface area contributed by atoms with E-state index in [9.17, 15) is 4.79 Å². The summed E-state index contributed by atoms with van der Waals surface area (Å²) >= 11 is 1.68. The second-order valence-electron chi connectivity index (χ2n) is 7.93. The number of amides is 1. The lowest BCUT2D eigenvalue weighted by Gasteiger charge is -2.32. The molecule has 2 atom stereocenters. The van der Waals surface area contributed by atoms with Gasteiger partial charge in [-0.15, -0.1) is 11.8 Å². The highest BCUT2D eigenvalue weighted by molar-refractivity contribution is 7.99. The zero-order valence-electron chi connectivity index (χ0n) is 17.2. The van der Waals surface area contributed by atoms with Gasteiger partial charge in [-0.3, -0.25) is 4.79 Å². The monoisotopic (exact) mass is 396 g/mol. The molecule has 28 heavy (non-hydrogen) atoms. The number of hydrogen-bond acceptors (Lipinski definition) is 3. The minimum absolute atomic E-state index is 0.0164. The lowest BCUT2D eigenvalue weighted by Crippen LogP contribution is -2.33. The summed E-state index contributed by atoms with van der Waals surface area (Å²) < 4.78 is 0. The van der Waals surface area contributed by atoms with Crippen LogP contribution in [0.5, 0.6) is 0 Å². The summed E-state index contributed by atoms with van der Waals surface area (Å²) in [5.74, 6) is 1.79. The molecule has 0 spiro atoms. The largest absolute Gasteiger partial charge is 0.372 e. The Kier molecular flexibility index (Phi) is 7.43. The van der Waals surface area contributed by atoms with E-state index in [4.69, 9.17) is 0 Å². The molecule has 0 bridgehead atoms. The molecule has 3 nitrogen and oxygen atoms in total. The molecule has 150 valence electrons. The van der Waals surface area contributed by atoms with Crippen LogP contribution in [0.4, 0.5) is 5.69 Å². The van der Waals surface area contributed by atoms with Crippen LogP contribution >= 0.6 is 11.8 Å². The summed E-state index contributed by atoms with van der Waals surface area (Å²) in [5, 5.41) is 3.09. The summed E-state index contributed by atoms with van der Waals surface area (Å²) in [6, 6.07) is 19.0. The van der Waals surface area contributed by atoms with Gasteiger partial charge in [-0.2, -0.15) is 0 Å². The fourth-order valence-electron chi connectivity index (χ4n) is 3.53. The second-order valence-corrected chi connectivity index (χ2v) is 9.26. The number of thioether (sulfide) groups is 1. The van der Waals surface area contributed by atoms with E-state index in [1.54, 1.807) is 11.8 Å². The van der Waals surface area contributed by atoms with E-state index in [-0.39, 0.29) is 17.2 Å². The summed E-state index contributed by atoms with van der Waals surface area (Å²) in [4.78, 5) is 15.0. The van der Waals surface area contributed by atoms with Gasteiger partial charge in [-0.1, -0.05) is 49.4 Å². The standard InChI is InChI=1S/C24H32N2OS/c1-18-13-15-26(16-14-18)23-11-9-22(10-12-23)19(2)25-24(27)20(3)28-17-21-7-5-4-6-8-21/h4-12,18-20H,13-17H2,1-3H3,(H,25,27)/t19-,20-/m0/s1. The van der Waals surface area contributed by atoms with Crippen LogP contribution < -0.4 is 10.2 Å². The molecule has 1 aliphatic heterocycles. The molecule has 1 fully saturated rings. The first-order chi connectivity index (χ1) is 13.5. The maximum absolute atomic E-state index is 12.6. The van der Waals surface area contributed by atoms with Crippen molar-refractivity contribution in [2.45, 2.75) is 50.7 Å². The molecular weight excluding hydrogens is 364 g/mol. The predicted molar refractivity (Wildman–Crippen MR) is 121 cm³/mol. The van der Waals surface area contributed by atoms with Crippen molar-refractivity contribution in [1.82, 2.24) is 5.32 Å². The van der Waals surface area contributed by atoms with E-state index in [0.717, 1.165) is 30.3 Å². The number of nitrogens with one attached hydrogen (secondary N) is 1. The van der Waals surface area contributed by atoms with E-state index in [2.05, 4.69) is 60.5 Å². The topological polar surface area (TPSA) is 32.3 Å². The van der Waals surface area contributed by atoms with Gasteiger partial charge in [0, 0.05) is 24.5 Å². The van der Waals surface area contributed by atoms with Gasteiger partial charge in [-0.05, 0) is 55.9 Å². The van der Waals surface area contributed by atoms with Crippen molar-refractivity contribution < 1.29 is 4.79 Å². The maximum atomic E-state index is 12.6. The molecule has 0 radical (unpaired) electrons. The third-order valence-corrected chi connectivity index (χ3v) is 6.83. The Labute approximate surface area is 173 Å². The first kappa shape index (κ1) is 20.8. The van der Waals surface area contributed by atoms with E-state index < -0.39 is 0 Å². The third kappa shape index (κ3) is 5.78. The number of carbonyl (C=O) groups is 1. The van der Waals surface area contributed by atoms with Gasteiger partial charge in [0.15, 0.2) is 0 Å². The highest BCUT2D eigenvalue weighted by atomic mass is 32.2. The molecule has 0 unspecified atom stereocenters. The number of carbonyl (C=O) groups excluding carboxylic acids is 1. The molecule has 0 aromatic heterocycles. The first-order valence-electron chi connectivity index (χ1n) is 10.3. The molecule has 2 aromatic carbocycles. The van der Waals surface area contributed by atoms with Crippen molar-refractivity contribution in [3.8, 4) is 0 Å². The fourth-order valence-corrected chi connectivity index (χ4v) is 4.38. The summed E-state index contributed by atoms with van der Waals surface area (Å²) in [5.41, 5.74) is 3.70. The molecule has 1 amide bonds. The molecule has 4 heteroatoms. The Balaban J connectivity index is 1.49. The third-order valence-electron chi connectivity index (χ3n) is 5.61. The Morgan fingerprint density at radius 2 is 1.71 bits per heavy atom. The van der Waals surface area contributed by atoms with E-state index >= 15 is 0 Å². The SMILES string of the molecule is CC1CCN(c2ccc([C@H](C)NC(=O)[C@H](C)SCc3ccccc3)cc2)CC1. The van der Waals surface area contributed by atoms with Gasteiger partial charge >= 0.3 is 0 Å². The van der Waals surface area contributed by atoms with Crippen molar-refractivity contribution >= 4 is 23.4 Å². The smallest absolute Gasteiger partial charge is 0.233 e. The van der Waals surface area contributed by atoms with Gasteiger partial charge in [-0.25, -0.2) is 0 Å². The number of piperidine rings is 1. The lowest BCUT2D eigenvalue weighted by atomic mass is 9.98. The van der Waals surface area contributed by atoms with Crippen LogP contribution in [-0.2, 0) is 10.5 Å². The summed E-state index contributed by atoms with van der Waals surface area (Å²) in [6.45, 7) is 8.66. The van der Waals surface area contributed by atoms with Crippen LogP contribution in [0.1, 0.15) is 50.8 Å². The molecule has 1 aliphatic rings. The van der Waals surface area contributed by atoms with Crippen molar-refractivity contribution in [2.24, 2.45) is 5.92 Å². The first-order valence-corrected chi connectivity index (χ1v) is 11.4. The van der Waals surface area contributed by atoms with Gasteiger partial charge < -0.3 is 10.2 Å². The van der Waals surface area contributed by atoms with Gasteiger partial charge in [0.05, 0.1) is 11.3 Å². The number of rotatable bonds is 7. The van der Waals surface area contributed by atoms with Crippen LogP contribution in [0.25, 0.3) is 0 Å². The predicted octanol–water partition coefficient (Wildman–Crippen LogP) is 5.42. The summed E-state index contributed by atoms with van der Waals surface area (Å²) in [7, 11) is 0. The number of nitrogens with zero attached hydrogens (tertiary/aromatic N) is 1. The Morgan fingerprint density at radius 1 is 1.07 bits per heavy atom. The van der Waals surface area contributed by atoms with E-state index in [1.807, 2.05) is 25.1 Å². The van der Waals surface area contributed by atoms with E-state index in [0.29, 0.717) is 0 Å².